The fraction of sp³-hybridized carbons (Fsp3) is 0.545. The standard InChI is InChI=1S/C11H18N4O/c1-8(2)6-9(7-12)11(16)14-10-4-3-5-13-15-10/h3-5,8-9H,6-7,12H2,1-2H3,(H,14,15,16). The number of aromatic nitrogens is 2. The van der Waals surface area contributed by atoms with Gasteiger partial charge in [0.25, 0.3) is 0 Å². The molecule has 5 heteroatoms. The molecule has 0 radical (unpaired) electrons. The van der Waals surface area contributed by atoms with Crippen LogP contribution in [-0.4, -0.2) is 22.6 Å². The summed E-state index contributed by atoms with van der Waals surface area (Å²) in [5, 5.41) is 10.2. The Morgan fingerprint density at radius 2 is 2.31 bits per heavy atom. The summed E-state index contributed by atoms with van der Waals surface area (Å²) in [5.41, 5.74) is 5.58. The molecule has 0 aromatic carbocycles. The van der Waals surface area contributed by atoms with Crippen LogP contribution in [0, 0.1) is 11.8 Å². The van der Waals surface area contributed by atoms with Crippen LogP contribution in [0.15, 0.2) is 18.3 Å². The topological polar surface area (TPSA) is 80.9 Å². The maximum atomic E-state index is 11.8. The number of anilines is 1. The minimum absolute atomic E-state index is 0.0864. The molecule has 1 amide bonds. The highest BCUT2D eigenvalue weighted by Gasteiger charge is 2.18. The van der Waals surface area contributed by atoms with E-state index in [1.54, 1.807) is 18.3 Å². The molecule has 0 aliphatic rings. The van der Waals surface area contributed by atoms with Gasteiger partial charge in [-0.15, -0.1) is 5.10 Å². The number of nitrogens with zero attached hydrogens (tertiary/aromatic N) is 2. The van der Waals surface area contributed by atoms with E-state index in [0.717, 1.165) is 6.42 Å². The van der Waals surface area contributed by atoms with Crippen molar-refractivity contribution in [3.63, 3.8) is 0 Å². The predicted octanol–water partition coefficient (Wildman–Crippen LogP) is 1.04. The third-order valence-corrected chi connectivity index (χ3v) is 2.23. The fourth-order valence-corrected chi connectivity index (χ4v) is 1.48. The molecule has 16 heavy (non-hydrogen) atoms. The van der Waals surface area contributed by atoms with Crippen LogP contribution in [0.2, 0.25) is 0 Å². The number of nitrogens with one attached hydrogen (secondary N) is 1. The predicted molar refractivity (Wildman–Crippen MR) is 62.7 cm³/mol. The van der Waals surface area contributed by atoms with Gasteiger partial charge in [-0.2, -0.15) is 5.10 Å². The smallest absolute Gasteiger partial charge is 0.229 e. The van der Waals surface area contributed by atoms with Crippen LogP contribution in [0.4, 0.5) is 5.82 Å². The van der Waals surface area contributed by atoms with E-state index in [2.05, 4.69) is 29.4 Å². The van der Waals surface area contributed by atoms with Crippen LogP contribution in [0.25, 0.3) is 0 Å². The quantitative estimate of drug-likeness (QED) is 0.779. The first-order chi connectivity index (χ1) is 7.63. The van der Waals surface area contributed by atoms with E-state index in [0.29, 0.717) is 18.3 Å². The Bertz CT molecular complexity index is 326. The van der Waals surface area contributed by atoms with Gasteiger partial charge in [-0.05, 0) is 24.5 Å². The number of amides is 1. The van der Waals surface area contributed by atoms with Gasteiger partial charge in [-0.25, -0.2) is 0 Å². The Labute approximate surface area is 95.4 Å². The fourth-order valence-electron chi connectivity index (χ4n) is 1.48. The summed E-state index contributed by atoms with van der Waals surface area (Å²) in [5.74, 6) is 0.662. The molecular formula is C11H18N4O. The monoisotopic (exact) mass is 222 g/mol. The molecular weight excluding hydrogens is 204 g/mol. The number of hydrogen-bond donors (Lipinski definition) is 2. The SMILES string of the molecule is CC(C)CC(CN)C(=O)Nc1cccnn1. The lowest BCUT2D eigenvalue weighted by molar-refractivity contribution is -0.120. The third-order valence-electron chi connectivity index (χ3n) is 2.23. The van der Waals surface area contributed by atoms with Crippen molar-refractivity contribution < 1.29 is 4.79 Å². The number of nitrogens with two attached hydrogens (primary N) is 1. The summed E-state index contributed by atoms with van der Waals surface area (Å²) >= 11 is 0. The van der Waals surface area contributed by atoms with Crippen molar-refractivity contribution in [1.29, 1.82) is 0 Å². The highest BCUT2D eigenvalue weighted by molar-refractivity contribution is 5.91. The average Bonchev–Trinajstić information content (AvgIpc) is 2.26. The number of hydrogen-bond acceptors (Lipinski definition) is 4. The molecule has 1 aromatic rings. The molecule has 0 bridgehead atoms. The summed E-state index contributed by atoms with van der Waals surface area (Å²) in [6.07, 6.45) is 2.34. The van der Waals surface area contributed by atoms with Crippen molar-refractivity contribution in [1.82, 2.24) is 10.2 Å². The zero-order valence-electron chi connectivity index (χ0n) is 9.68. The molecule has 0 aliphatic heterocycles. The van der Waals surface area contributed by atoms with Crippen LogP contribution >= 0.6 is 0 Å². The Kier molecular flexibility index (Phi) is 4.85. The number of rotatable bonds is 5. The van der Waals surface area contributed by atoms with Gasteiger partial charge in [-0.1, -0.05) is 13.8 Å². The van der Waals surface area contributed by atoms with E-state index < -0.39 is 0 Å². The van der Waals surface area contributed by atoms with Gasteiger partial charge in [0.2, 0.25) is 5.91 Å². The van der Waals surface area contributed by atoms with Crippen molar-refractivity contribution in [2.45, 2.75) is 20.3 Å². The maximum absolute atomic E-state index is 11.8. The first-order valence-corrected chi connectivity index (χ1v) is 5.42. The van der Waals surface area contributed by atoms with Crippen molar-refractivity contribution in [2.24, 2.45) is 17.6 Å². The minimum Gasteiger partial charge on any atom is -0.330 e. The molecule has 1 unspecified atom stereocenters. The normalized spacial score (nSPS) is 12.5. The summed E-state index contributed by atoms with van der Waals surface area (Å²) in [6.45, 7) is 4.49. The van der Waals surface area contributed by atoms with E-state index >= 15 is 0 Å². The molecule has 1 atom stereocenters. The Balaban J connectivity index is 2.56. The van der Waals surface area contributed by atoms with E-state index in [1.165, 1.54) is 0 Å². The minimum atomic E-state index is -0.165. The van der Waals surface area contributed by atoms with Gasteiger partial charge in [0.05, 0.1) is 5.92 Å². The molecule has 0 saturated heterocycles. The first-order valence-electron chi connectivity index (χ1n) is 5.42. The zero-order valence-corrected chi connectivity index (χ0v) is 9.68. The molecule has 0 spiro atoms. The highest BCUT2D eigenvalue weighted by Crippen LogP contribution is 2.12. The van der Waals surface area contributed by atoms with Crippen LogP contribution in [-0.2, 0) is 4.79 Å². The summed E-state index contributed by atoms with van der Waals surface area (Å²) in [4.78, 5) is 11.8. The first kappa shape index (κ1) is 12.6. The summed E-state index contributed by atoms with van der Waals surface area (Å²) in [7, 11) is 0. The molecule has 1 rings (SSSR count). The molecule has 1 aromatic heterocycles. The second kappa shape index (κ2) is 6.17. The van der Waals surface area contributed by atoms with Crippen LogP contribution in [0.3, 0.4) is 0 Å². The van der Waals surface area contributed by atoms with Crippen molar-refractivity contribution in [3.8, 4) is 0 Å². The van der Waals surface area contributed by atoms with Crippen molar-refractivity contribution in [2.75, 3.05) is 11.9 Å². The van der Waals surface area contributed by atoms with E-state index in [-0.39, 0.29) is 11.8 Å². The molecule has 88 valence electrons. The molecule has 3 N–H and O–H groups in total. The Morgan fingerprint density at radius 1 is 1.56 bits per heavy atom. The Hall–Kier alpha value is -1.49. The van der Waals surface area contributed by atoms with Gasteiger partial charge < -0.3 is 11.1 Å². The zero-order chi connectivity index (χ0) is 12.0. The number of carbonyl (C=O) groups excluding carboxylic acids is 1. The van der Waals surface area contributed by atoms with Gasteiger partial charge in [0.1, 0.15) is 0 Å². The van der Waals surface area contributed by atoms with Crippen LogP contribution < -0.4 is 11.1 Å². The van der Waals surface area contributed by atoms with Crippen LogP contribution in [0.5, 0.6) is 0 Å². The molecule has 5 nitrogen and oxygen atoms in total. The molecule has 0 aliphatic carbocycles. The second-order valence-electron chi connectivity index (χ2n) is 4.16. The molecule has 0 saturated carbocycles. The highest BCUT2D eigenvalue weighted by atomic mass is 16.2. The van der Waals surface area contributed by atoms with Gasteiger partial charge in [0, 0.05) is 12.7 Å². The lowest BCUT2D eigenvalue weighted by Crippen LogP contribution is -2.30. The molecule has 1 heterocycles. The van der Waals surface area contributed by atoms with Gasteiger partial charge >= 0.3 is 0 Å². The number of carbonyl (C=O) groups is 1. The maximum Gasteiger partial charge on any atom is 0.229 e. The summed E-state index contributed by atoms with van der Waals surface area (Å²) in [6, 6.07) is 3.43. The van der Waals surface area contributed by atoms with Crippen molar-refractivity contribution in [3.05, 3.63) is 18.3 Å². The lowest BCUT2D eigenvalue weighted by Gasteiger charge is -2.15. The average molecular weight is 222 g/mol. The van der Waals surface area contributed by atoms with Gasteiger partial charge in [0.15, 0.2) is 5.82 Å². The largest absolute Gasteiger partial charge is 0.330 e. The van der Waals surface area contributed by atoms with Crippen LogP contribution in [0.1, 0.15) is 20.3 Å². The lowest BCUT2D eigenvalue weighted by atomic mass is 9.96. The van der Waals surface area contributed by atoms with Crippen molar-refractivity contribution >= 4 is 11.7 Å². The van der Waals surface area contributed by atoms with E-state index in [1.807, 2.05) is 0 Å². The third kappa shape index (κ3) is 3.94. The van der Waals surface area contributed by atoms with E-state index in [4.69, 9.17) is 5.73 Å². The molecule has 0 fully saturated rings. The van der Waals surface area contributed by atoms with E-state index in [9.17, 15) is 4.79 Å². The van der Waals surface area contributed by atoms with Gasteiger partial charge in [-0.3, -0.25) is 4.79 Å². The Morgan fingerprint density at radius 3 is 2.81 bits per heavy atom. The summed E-state index contributed by atoms with van der Waals surface area (Å²) < 4.78 is 0. The second-order valence-corrected chi connectivity index (χ2v) is 4.16.